The van der Waals surface area contributed by atoms with Gasteiger partial charge in [-0.15, -0.1) is 0 Å². The first-order valence-corrected chi connectivity index (χ1v) is 6.44. The molecule has 0 aliphatic carbocycles. The monoisotopic (exact) mass is 256 g/mol. The van der Waals surface area contributed by atoms with Crippen molar-refractivity contribution in [2.45, 2.75) is 13.8 Å². The van der Waals surface area contributed by atoms with Gasteiger partial charge in [0.1, 0.15) is 12.4 Å². The van der Waals surface area contributed by atoms with Crippen LogP contribution in [0.2, 0.25) is 0 Å². The van der Waals surface area contributed by atoms with Gasteiger partial charge in [-0.3, -0.25) is 0 Å². The molecule has 3 N–H and O–H groups in total. The van der Waals surface area contributed by atoms with Gasteiger partial charge < -0.3 is 15.8 Å². The van der Waals surface area contributed by atoms with E-state index in [4.69, 9.17) is 10.5 Å². The van der Waals surface area contributed by atoms with Crippen molar-refractivity contribution >= 4 is 11.4 Å². The molecule has 3 heteroatoms. The summed E-state index contributed by atoms with van der Waals surface area (Å²) in [6.07, 6.45) is 0. The van der Waals surface area contributed by atoms with Crippen molar-refractivity contribution in [2.24, 2.45) is 0 Å². The minimum Gasteiger partial charge on any atom is -0.491 e. The number of rotatable bonds is 5. The predicted octanol–water partition coefficient (Wildman–Crippen LogP) is 3.38. The lowest BCUT2D eigenvalue weighted by Crippen LogP contribution is -2.11. The average Bonchev–Trinajstić information content (AvgIpc) is 2.39. The average molecular weight is 256 g/mol. The van der Waals surface area contributed by atoms with Gasteiger partial charge in [-0.05, 0) is 49.7 Å². The molecule has 0 radical (unpaired) electrons. The fraction of sp³-hybridized carbons (Fsp3) is 0.250. The van der Waals surface area contributed by atoms with Crippen LogP contribution in [-0.2, 0) is 0 Å². The molecule has 100 valence electrons. The van der Waals surface area contributed by atoms with Crippen LogP contribution in [-0.4, -0.2) is 13.2 Å². The van der Waals surface area contributed by atoms with Crippen LogP contribution in [0.3, 0.4) is 0 Å². The second kappa shape index (κ2) is 6.14. The highest BCUT2D eigenvalue weighted by Gasteiger charge is 1.99. The summed E-state index contributed by atoms with van der Waals surface area (Å²) in [6, 6.07) is 13.9. The first kappa shape index (κ1) is 13.3. The topological polar surface area (TPSA) is 47.3 Å². The van der Waals surface area contributed by atoms with Crippen LogP contribution in [0.25, 0.3) is 0 Å². The summed E-state index contributed by atoms with van der Waals surface area (Å²) in [5.74, 6) is 0.949. The highest BCUT2D eigenvalue weighted by atomic mass is 16.5. The van der Waals surface area contributed by atoms with E-state index in [1.807, 2.05) is 30.3 Å². The van der Waals surface area contributed by atoms with Crippen molar-refractivity contribution in [1.29, 1.82) is 0 Å². The molecule has 0 aliphatic rings. The number of hydrogen-bond donors (Lipinski definition) is 2. The highest BCUT2D eigenvalue weighted by Crippen LogP contribution is 2.18. The molecule has 0 saturated heterocycles. The zero-order chi connectivity index (χ0) is 13.7. The molecule has 2 aromatic carbocycles. The third kappa shape index (κ3) is 3.91. The lowest BCUT2D eigenvalue weighted by Gasteiger charge is -2.11. The zero-order valence-electron chi connectivity index (χ0n) is 11.4. The number of nitrogens with two attached hydrogens (primary N) is 1. The summed E-state index contributed by atoms with van der Waals surface area (Å²) in [4.78, 5) is 0. The van der Waals surface area contributed by atoms with Crippen LogP contribution in [0.4, 0.5) is 11.4 Å². The second-order valence-corrected chi connectivity index (χ2v) is 4.67. The van der Waals surface area contributed by atoms with Gasteiger partial charge >= 0.3 is 0 Å². The Kier molecular flexibility index (Phi) is 4.29. The first-order valence-electron chi connectivity index (χ1n) is 6.44. The Balaban J connectivity index is 1.79. The maximum absolute atomic E-state index is 5.75. The van der Waals surface area contributed by atoms with Gasteiger partial charge in [-0.1, -0.05) is 17.7 Å². The van der Waals surface area contributed by atoms with Crippen molar-refractivity contribution in [2.75, 3.05) is 24.2 Å². The molecule has 0 saturated carbocycles. The summed E-state index contributed by atoms with van der Waals surface area (Å²) in [6.45, 7) is 5.54. The van der Waals surface area contributed by atoms with Crippen LogP contribution in [0, 0.1) is 13.8 Å². The van der Waals surface area contributed by atoms with Crippen molar-refractivity contribution in [3.63, 3.8) is 0 Å². The van der Waals surface area contributed by atoms with Gasteiger partial charge in [0.25, 0.3) is 0 Å². The third-order valence-electron chi connectivity index (χ3n) is 2.93. The Labute approximate surface area is 114 Å². The van der Waals surface area contributed by atoms with Gasteiger partial charge in [0.2, 0.25) is 0 Å². The van der Waals surface area contributed by atoms with E-state index in [0.717, 1.165) is 23.7 Å². The van der Waals surface area contributed by atoms with Crippen LogP contribution in [0.15, 0.2) is 42.5 Å². The van der Waals surface area contributed by atoms with E-state index in [0.29, 0.717) is 6.61 Å². The normalized spacial score (nSPS) is 10.2. The van der Waals surface area contributed by atoms with Crippen LogP contribution >= 0.6 is 0 Å². The minimum absolute atomic E-state index is 0.633. The van der Waals surface area contributed by atoms with Crippen molar-refractivity contribution in [3.8, 4) is 5.75 Å². The Morgan fingerprint density at radius 1 is 1.05 bits per heavy atom. The molecule has 0 unspecified atom stereocenters. The van der Waals surface area contributed by atoms with Crippen LogP contribution in [0.5, 0.6) is 5.75 Å². The molecule has 0 heterocycles. The lowest BCUT2D eigenvalue weighted by atomic mass is 10.1. The van der Waals surface area contributed by atoms with Gasteiger partial charge in [-0.25, -0.2) is 0 Å². The fourth-order valence-electron chi connectivity index (χ4n) is 1.92. The standard InChI is InChI=1S/C16H20N2O/c1-12-3-8-16(13(2)11-12)19-10-9-18-15-6-4-14(17)5-7-15/h3-8,11,18H,9-10,17H2,1-2H3. The maximum atomic E-state index is 5.75. The largest absolute Gasteiger partial charge is 0.491 e. The summed E-state index contributed by atoms with van der Waals surface area (Å²) in [5, 5.41) is 3.29. The van der Waals surface area contributed by atoms with Crippen LogP contribution < -0.4 is 15.8 Å². The number of benzene rings is 2. The molecule has 0 aliphatic heterocycles. The van der Waals surface area contributed by atoms with E-state index in [2.05, 4.69) is 31.3 Å². The molecule has 0 bridgehead atoms. The van der Waals surface area contributed by atoms with Gasteiger partial charge in [-0.2, -0.15) is 0 Å². The highest BCUT2D eigenvalue weighted by molar-refractivity contribution is 5.51. The lowest BCUT2D eigenvalue weighted by molar-refractivity contribution is 0.330. The summed E-state index contributed by atoms with van der Waals surface area (Å²) in [5.41, 5.74) is 9.89. The Morgan fingerprint density at radius 2 is 1.79 bits per heavy atom. The Hall–Kier alpha value is -2.16. The van der Waals surface area contributed by atoms with Gasteiger partial charge in [0, 0.05) is 17.9 Å². The third-order valence-corrected chi connectivity index (χ3v) is 2.93. The summed E-state index contributed by atoms with van der Waals surface area (Å²) in [7, 11) is 0. The quantitative estimate of drug-likeness (QED) is 0.637. The van der Waals surface area contributed by atoms with Crippen LogP contribution in [0.1, 0.15) is 11.1 Å². The molecule has 0 atom stereocenters. The van der Waals surface area contributed by atoms with E-state index in [1.54, 1.807) is 0 Å². The zero-order valence-corrected chi connectivity index (χ0v) is 11.4. The number of nitrogen functional groups attached to an aromatic ring is 1. The smallest absolute Gasteiger partial charge is 0.122 e. The number of aryl methyl sites for hydroxylation is 2. The molecule has 2 rings (SSSR count). The SMILES string of the molecule is Cc1ccc(OCCNc2ccc(N)cc2)c(C)c1. The Morgan fingerprint density at radius 3 is 2.47 bits per heavy atom. The molecule has 0 aromatic heterocycles. The number of ether oxygens (including phenoxy) is 1. The summed E-state index contributed by atoms with van der Waals surface area (Å²) < 4.78 is 5.75. The van der Waals surface area contributed by atoms with Crippen molar-refractivity contribution in [1.82, 2.24) is 0 Å². The van der Waals surface area contributed by atoms with E-state index < -0.39 is 0 Å². The molecule has 0 fully saturated rings. The predicted molar refractivity (Wildman–Crippen MR) is 80.8 cm³/mol. The Bertz CT molecular complexity index is 535. The molecule has 19 heavy (non-hydrogen) atoms. The molecule has 0 spiro atoms. The minimum atomic E-state index is 0.633. The second-order valence-electron chi connectivity index (χ2n) is 4.67. The molecular formula is C16H20N2O. The van der Waals surface area contributed by atoms with E-state index in [1.165, 1.54) is 11.1 Å². The fourth-order valence-corrected chi connectivity index (χ4v) is 1.92. The maximum Gasteiger partial charge on any atom is 0.122 e. The van der Waals surface area contributed by atoms with Crippen molar-refractivity contribution in [3.05, 3.63) is 53.6 Å². The van der Waals surface area contributed by atoms with Gasteiger partial charge in [0.05, 0.1) is 0 Å². The van der Waals surface area contributed by atoms with E-state index in [9.17, 15) is 0 Å². The summed E-state index contributed by atoms with van der Waals surface area (Å²) >= 11 is 0. The molecular weight excluding hydrogens is 236 g/mol. The number of hydrogen-bond acceptors (Lipinski definition) is 3. The van der Waals surface area contributed by atoms with E-state index in [-0.39, 0.29) is 0 Å². The molecule has 2 aromatic rings. The van der Waals surface area contributed by atoms with E-state index >= 15 is 0 Å². The number of nitrogens with one attached hydrogen (secondary N) is 1. The number of anilines is 2. The molecule has 3 nitrogen and oxygen atoms in total. The molecule has 0 amide bonds. The first-order chi connectivity index (χ1) is 9.15. The van der Waals surface area contributed by atoms with Crippen molar-refractivity contribution < 1.29 is 4.74 Å². The van der Waals surface area contributed by atoms with Gasteiger partial charge in [0.15, 0.2) is 0 Å².